The van der Waals surface area contributed by atoms with Gasteiger partial charge in [-0.3, -0.25) is 0 Å². The second-order valence-electron chi connectivity index (χ2n) is 7.57. The summed E-state index contributed by atoms with van der Waals surface area (Å²) in [7, 11) is 4.70. The largest absolute Gasteiger partial charge is 0.494 e. The fraction of sp³-hybridized carbons (Fsp3) is 0.200. The Hall–Kier alpha value is -3.43. The second-order valence-corrected chi connectivity index (χ2v) is 9.35. The van der Waals surface area contributed by atoms with E-state index in [-0.39, 0.29) is 11.8 Å². The molecule has 1 aliphatic heterocycles. The first-order valence-electron chi connectivity index (χ1n) is 10.5. The van der Waals surface area contributed by atoms with Gasteiger partial charge < -0.3 is 14.2 Å². The Morgan fingerprint density at radius 3 is 2.44 bits per heavy atom. The molecule has 2 aromatic heterocycles. The highest BCUT2D eigenvalue weighted by molar-refractivity contribution is 7.14. The van der Waals surface area contributed by atoms with Gasteiger partial charge in [0.1, 0.15) is 0 Å². The van der Waals surface area contributed by atoms with E-state index in [1.54, 1.807) is 37.7 Å². The minimum absolute atomic E-state index is 0.0662. The molecule has 3 heterocycles. The number of thiophene rings is 1. The Labute approximate surface area is 204 Å². The number of halogens is 1. The molecule has 2 aromatic carbocycles. The lowest BCUT2D eigenvalue weighted by molar-refractivity contribution is 0.354. The van der Waals surface area contributed by atoms with Crippen molar-refractivity contribution in [2.45, 2.75) is 12.5 Å². The molecule has 34 heavy (non-hydrogen) atoms. The van der Waals surface area contributed by atoms with Crippen molar-refractivity contribution in [1.29, 1.82) is 0 Å². The van der Waals surface area contributed by atoms with E-state index in [9.17, 15) is 4.39 Å². The average Bonchev–Trinajstić information content (AvgIpc) is 3.63. The van der Waals surface area contributed by atoms with Crippen LogP contribution in [0.1, 0.15) is 22.9 Å². The maximum atomic E-state index is 14.3. The number of hydrogen-bond acceptors (Lipinski definition) is 8. The number of rotatable bonds is 7. The van der Waals surface area contributed by atoms with Crippen LogP contribution in [0.5, 0.6) is 17.2 Å². The molecule has 0 saturated heterocycles. The number of benzene rings is 2. The summed E-state index contributed by atoms with van der Waals surface area (Å²) < 4.78 is 30.2. The van der Waals surface area contributed by atoms with Crippen LogP contribution in [0.4, 0.5) is 9.52 Å². The Morgan fingerprint density at radius 2 is 1.74 bits per heavy atom. The predicted octanol–water partition coefficient (Wildman–Crippen LogP) is 6.39. The van der Waals surface area contributed by atoms with E-state index in [1.165, 1.54) is 24.5 Å². The summed E-state index contributed by atoms with van der Waals surface area (Å²) in [4.78, 5) is 5.93. The number of nitrogens with zero attached hydrogens (tertiary/aromatic N) is 3. The van der Waals surface area contributed by atoms with Gasteiger partial charge in [-0.1, -0.05) is 12.1 Å². The lowest BCUT2D eigenvalue weighted by Crippen LogP contribution is -2.18. The topological polar surface area (TPSA) is 56.2 Å². The molecule has 0 spiro atoms. The van der Waals surface area contributed by atoms with Gasteiger partial charge in [-0.25, -0.2) is 14.4 Å². The minimum atomic E-state index is -0.420. The van der Waals surface area contributed by atoms with Crippen molar-refractivity contribution in [2.24, 2.45) is 5.10 Å². The summed E-state index contributed by atoms with van der Waals surface area (Å²) in [5.74, 6) is 1.13. The van der Waals surface area contributed by atoms with E-state index in [0.717, 1.165) is 27.7 Å². The van der Waals surface area contributed by atoms with Crippen LogP contribution in [-0.2, 0) is 0 Å². The normalized spacial score (nSPS) is 15.4. The van der Waals surface area contributed by atoms with Crippen LogP contribution < -0.4 is 19.2 Å². The molecule has 1 atom stereocenters. The van der Waals surface area contributed by atoms with Gasteiger partial charge in [0, 0.05) is 17.4 Å². The van der Waals surface area contributed by atoms with Crippen molar-refractivity contribution in [1.82, 2.24) is 4.98 Å². The lowest BCUT2D eigenvalue weighted by Gasteiger charge is -2.22. The number of methoxy groups -OCH3 is 3. The highest BCUT2D eigenvalue weighted by atomic mass is 32.1. The summed E-state index contributed by atoms with van der Waals surface area (Å²) in [5.41, 5.74) is 3.42. The summed E-state index contributed by atoms with van der Waals surface area (Å²) in [6.07, 6.45) is 0.724. The Bertz CT molecular complexity index is 1340. The molecule has 174 valence electrons. The molecule has 0 fully saturated rings. The molecule has 0 amide bonds. The van der Waals surface area contributed by atoms with Crippen LogP contribution in [0, 0.1) is 5.82 Å². The van der Waals surface area contributed by atoms with Gasteiger partial charge in [0.15, 0.2) is 23.1 Å². The first kappa shape index (κ1) is 22.4. The van der Waals surface area contributed by atoms with E-state index in [1.807, 2.05) is 40.0 Å². The van der Waals surface area contributed by atoms with Gasteiger partial charge in [-0.15, -0.1) is 22.7 Å². The second kappa shape index (κ2) is 9.44. The summed E-state index contributed by atoms with van der Waals surface area (Å²) in [6, 6.07) is 14.8. The van der Waals surface area contributed by atoms with E-state index < -0.39 is 5.82 Å². The van der Waals surface area contributed by atoms with Crippen LogP contribution >= 0.6 is 22.7 Å². The third-order valence-electron chi connectivity index (χ3n) is 5.64. The van der Waals surface area contributed by atoms with E-state index in [4.69, 9.17) is 24.3 Å². The van der Waals surface area contributed by atoms with Crippen LogP contribution in [0.2, 0.25) is 0 Å². The number of hydrazone groups is 1. The third-order valence-corrected chi connectivity index (χ3v) is 7.39. The third kappa shape index (κ3) is 4.12. The maximum absolute atomic E-state index is 14.3. The molecule has 0 N–H and O–H groups in total. The smallest absolute Gasteiger partial charge is 0.207 e. The first-order valence-corrected chi connectivity index (χ1v) is 12.3. The predicted molar refractivity (Wildman–Crippen MR) is 134 cm³/mol. The molecule has 5 rings (SSSR count). The molecule has 1 aliphatic rings. The monoisotopic (exact) mass is 495 g/mol. The zero-order valence-corrected chi connectivity index (χ0v) is 20.5. The molecule has 0 bridgehead atoms. The van der Waals surface area contributed by atoms with E-state index in [2.05, 4.69) is 6.07 Å². The number of thiazole rings is 1. The SMILES string of the molecule is COc1ccc(-c2csc(N3N=C(c4cccs4)C[C@@H]3c3ccc(OC)c(OC)c3)n2)cc1F. The fourth-order valence-corrected chi connectivity index (χ4v) is 5.48. The van der Waals surface area contributed by atoms with Crippen LogP contribution in [0.25, 0.3) is 11.3 Å². The molecule has 0 radical (unpaired) electrons. The molecular weight excluding hydrogens is 473 g/mol. The van der Waals surface area contributed by atoms with Gasteiger partial charge in [-0.05, 0) is 47.3 Å². The fourth-order valence-electron chi connectivity index (χ4n) is 3.93. The number of hydrogen-bond donors (Lipinski definition) is 0. The van der Waals surface area contributed by atoms with E-state index in [0.29, 0.717) is 22.8 Å². The quantitative estimate of drug-likeness (QED) is 0.297. The van der Waals surface area contributed by atoms with Gasteiger partial charge in [0.2, 0.25) is 5.13 Å². The van der Waals surface area contributed by atoms with Gasteiger partial charge in [0.05, 0.1) is 43.7 Å². The first-order chi connectivity index (χ1) is 16.6. The highest BCUT2D eigenvalue weighted by Gasteiger charge is 2.32. The lowest BCUT2D eigenvalue weighted by atomic mass is 10.0. The number of ether oxygens (including phenoxy) is 3. The highest BCUT2D eigenvalue weighted by Crippen LogP contribution is 2.42. The minimum Gasteiger partial charge on any atom is -0.494 e. The van der Waals surface area contributed by atoms with Gasteiger partial charge in [0.25, 0.3) is 0 Å². The zero-order valence-electron chi connectivity index (χ0n) is 18.8. The molecule has 0 saturated carbocycles. The molecule has 6 nitrogen and oxygen atoms in total. The van der Waals surface area contributed by atoms with Crippen molar-refractivity contribution < 1.29 is 18.6 Å². The van der Waals surface area contributed by atoms with Gasteiger partial charge >= 0.3 is 0 Å². The standard InChI is InChI=1S/C25H22FN3O3S2/c1-30-21-8-6-15(11-17(21)26)19-14-34-25(27-19)29-20(13-18(28-29)24-5-4-10-33-24)16-7-9-22(31-2)23(12-16)32-3/h4-12,14,20H,13H2,1-3H3/t20-/m1/s1. The van der Waals surface area contributed by atoms with Crippen LogP contribution in [-0.4, -0.2) is 32.0 Å². The Morgan fingerprint density at radius 1 is 0.941 bits per heavy atom. The molecule has 0 aliphatic carbocycles. The van der Waals surface area contributed by atoms with Crippen molar-refractivity contribution >= 4 is 33.5 Å². The van der Waals surface area contributed by atoms with Crippen LogP contribution in [0.15, 0.2) is 64.4 Å². The summed E-state index contributed by atoms with van der Waals surface area (Å²) >= 11 is 3.14. The molecule has 4 aromatic rings. The number of anilines is 1. The average molecular weight is 496 g/mol. The van der Waals surface area contributed by atoms with Gasteiger partial charge in [-0.2, -0.15) is 5.10 Å². The molecule has 9 heteroatoms. The Kier molecular flexibility index (Phi) is 6.21. The van der Waals surface area contributed by atoms with Crippen molar-refractivity contribution in [3.63, 3.8) is 0 Å². The van der Waals surface area contributed by atoms with Crippen molar-refractivity contribution in [2.75, 3.05) is 26.3 Å². The van der Waals surface area contributed by atoms with E-state index >= 15 is 0 Å². The summed E-state index contributed by atoms with van der Waals surface area (Å²) in [6.45, 7) is 0. The van der Waals surface area contributed by atoms with Crippen molar-refractivity contribution in [3.05, 3.63) is 75.5 Å². The van der Waals surface area contributed by atoms with Crippen LogP contribution in [0.3, 0.4) is 0 Å². The molecular formula is C25H22FN3O3S2. The Balaban J connectivity index is 1.52. The maximum Gasteiger partial charge on any atom is 0.207 e. The summed E-state index contributed by atoms with van der Waals surface area (Å²) in [5, 5.41) is 11.6. The zero-order chi connectivity index (χ0) is 23.7. The number of aromatic nitrogens is 1. The van der Waals surface area contributed by atoms with Crippen molar-refractivity contribution in [3.8, 4) is 28.5 Å². The molecule has 0 unspecified atom stereocenters.